The number of methoxy groups -OCH3 is 1. The van der Waals surface area contributed by atoms with E-state index in [0.717, 1.165) is 19.5 Å². The third-order valence-electron chi connectivity index (χ3n) is 1.99. The van der Waals surface area contributed by atoms with Crippen LogP contribution in [0.5, 0.6) is 0 Å². The zero-order valence-electron chi connectivity index (χ0n) is 7.08. The van der Waals surface area contributed by atoms with E-state index in [-0.39, 0.29) is 0 Å². The van der Waals surface area contributed by atoms with Crippen LogP contribution >= 0.6 is 0 Å². The van der Waals surface area contributed by atoms with Crippen molar-refractivity contribution in [3.05, 3.63) is 11.6 Å². The Morgan fingerprint density at radius 2 is 2.45 bits per heavy atom. The predicted molar refractivity (Wildman–Crippen MR) is 43.0 cm³/mol. The highest BCUT2D eigenvalue weighted by Gasteiger charge is 2.15. The molecule has 1 aliphatic rings. The fourth-order valence-corrected chi connectivity index (χ4v) is 1.14. The Bertz CT molecular complexity index is 156. The zero-order chi connectivity index (χ0) is 8.27. The van der Waals surface area contributed by atoms with E-state index in [0.29, 0.717) is 0 Å². The van der Waals surface area contributed by atoms with Crippen LogP contribution in [-0.4, -0.2) is 36.6 Å². The highest BCUT2D eigenvalue weighted by atomic mass is 16.6. The summed E-state index contributed by atoms with van der Waals surface area (Å²) in [6, 6.07) is 0. The maximum Gasteiger partial charge on any atom is 0.216 e. The van der Waals surface area contributed by atoms with E-state index >= 15 is 0 Å². The van der Waals surface area contributed by atoms with Crippen molar-refractivity contribution in [1.82, 2.24) is 4.90 Å². The molecule has 3 nitrogen and oxygen atoms in total. The van der Waals surface area contributed by atoms with Gasteiger partial charge >= 0.3 is 0 Å². The molecule has 0 saturated heterocycles. The van der Waals surface area contributed by atoms with Gasteiger partial charge in [0.1, 0.15) is 0 Å². The van der Waals surface area contributed by atoms with E-state index in [1.165, 1.54) is 12.7 Å². The average Bonchev–Trinajstić information content (AvgIpc) is 2.05. The first-order chi connectivity index (χ1) is 5.24. The van der Waals surface area contributed by atoms with Gasteiger partial charge in [0.25, 0.3) is 0 Å². The molecule has 0 fully saturated rings. The first kappa shape index (κ1) is 8.71. The molecule has 3 heteroatoms. The molecule has 1 atom stereocenters. The lowest BCUT2D eigenvalue weighted by molar-refractivity contribution is -0.173. The van der Waals surface area contributed by atoms with Crippen molar-refractivity contribution >= 4 is 0 Å². The van der Waals surface area contributed by atoms with Gasteiger partial charge < -0.3 is 9.84 Å². The molecule has 0 bridgehead atoms. The quantitative estimate of drug-likeness (QED) is 0.469. The maximum atomic E-state index is 9.24. The lowest BCUT2D eigenvalue weighted by Gasteiger charge is -2.28. The number of rotatable bonds is 2. The Labute approximate surface area is 67.3 Å². The first-order valence-electron chi connectivity index (χ1n) is 3.84. The Balaban J connectivity index is 2.40. The van der Waals surface area contributed by atoms with Gasteiger partial charge in [0.2, 0.25) is 6.41 Å². The minimum absolute atomic E-state index is 0.737. The van der Waals surface area contributed by atoms with Gasteiger partial charge in [-0.15, -0.1) is 0 Å². The summed E-state index contributed by atoms with van der Waals surface area (Å²) in [5.74, 6) is 0. The molecule has 0 aliphatic carbocycles. The lowest BCUT2D eigenvalue weighted by atomic mass is 10.1. The molecule has 64 valence electrons. The molecule has 1 aliphatic heterocycles. The Kier molecular flexibility index (Phi) is 3.05. The fraction of sp³-hybridized carbons (Fsp3) is 0.750. The smallest absolute Gasteiger partial charge is 0.216 e. The van der Waals surface area contributed by atoms with Gasteiger partial charge in [0.15, 0.2) is 0 Å². The van der Waals surface area contributed by atoms with E-state index in [1.54, 1.807) is 0 Å². The maximum absolute atomic E-state index is 9.24. The monoisotopic (exact) mass is 157 g/mol. The molecule has 0 aromatic rings. The first-order valence-corrected chi connectivity index (χ1v) is 3.84. The van der Waals surface area contributed by atoms with Gasteiger partial charge in [0.05, 0.1) is 0 Å². The van der Waals surface area contributed by atoms with Crippen LogP contribution < -0.4 is 0 Å². The van der Waals surface area contributed by atoms with E-state index in [1.807, 2.05) is 4.90 Å². The molecule has 0 aromatic heterocycles. The van der Waals surface area contributed by atoms with Crippen LogP contribution in [0.15, 0.2) is 11.6 Å². The highest BCUT2D eigenvalue weighted by molar-refractivity contribution is 5.03. The van der Waals surface area contributed by atoms with Crippen molar-refractivity contribution in [3.63, 3.8) is 0 Å². The summed E-state index contributed by atoms with van der Waals surface area (Å²) in [5, 5.41) is 9.24. The molecule has 0 saturated carbocycles. The third kappa shape index (κ3) is 2.29. The van der Waals surface area contributed by atoms with Gasteiger partial charge in [0, 0.05) is 20.2 Å². The molecule has 1 unspecified atom stereocenters. The van der Waals surface area contributed by atoms with Gasteiger partial charge in [-0.3, -0.25) is 4.90 Å². The second-order valence-electron chi connectivity index (χ2n) is 2.86. The summed E-state index contributed by atoms with van der Waals surface area (Å²) in [5.41, 5.74) is 1.39. The van der Waals surface area contributed by atoms with Crippen LogP contribution in [-0.2, 0) is 4.74 Å². The number of aliphatic hydroxyl groups is 1. The molecule has 1 heterocycles. The SMILES string of the molecule is COC(O)N1CC=C(C)CC1. The number of ether oxygens (including phenoxy) is 1. The van der Waals surface area contributed by atoms with Gasteiger partial charge in [-0.1, -0.05) is 11.6 Å². The molecule has 0 spiro atoms. The van der Waals surface area contributed by atoms with Crippen molar-refractivity contribution in [2.45, 2.75) is 19.8 Å². The van der Waals surface area contributed by atoms with Crippen LogP contribution in [0.1, 0.15) is 13.3 Å². The van der Waals surface area contributed by atoms with E-state index < -0.39 is 6.41 Å². The number of hydrogen-bond donors (Lipinski definition) is 1. The molecule has 0 amide bonds. The minimum Gasteiger partial charge on any atom is -0.356 e. The van der Waals surface area contributed by atoms with E-state index in [9.17, 15) is 5.11 Å². The van der Waals surface area contributed by atoms with Crippen molar-refractivity contribution in [3.8, 4) is 0 Å². The van der Waals surface area contributed by atoms with Crippen molar-refractivity contribution < 1.29 is 9.84 Å². The van der Waals surface area contributed by atoms with E-state index in [4.69, 9.17) is 4.74 Å². The number of hydrogen-bond acceptors (Lipinski definition) is 3. The third-order valence-corrected chi connectivity index (χ3v) is 1.99. The minimum atomic E-state index is -0.737. The summed E-state index contributed by atoms with van der Waals surface area (Å²) < 4.78 is 4.78. The molecular formula is C8H15NO2. The molecule has 1 rings (SSSR count). The topological polar surface area (TPSA) is 32.7 Å². The molecule has 11 heavy (non-hydrogen) atoms. The zero-order valence-corrected chi connectivity index (χ0v) is 7.08. The van der Waals surface area contributed by atoms with Crippen LogP contribution in [0, 0.1) is 0 Å². The van der Waals surface area contributed by atoms with Gasteiger partial charge in [-0.25, -0.2) is 0 Å². The molecule has 1 N–H and O–H groups in total. The lowest BCUT2D eigenvalue weighted by Crippen LogP contribution is -2.39. The normalized spacial score (nSPS) is 23.0. The van der Waals surface area contributed by atoms with Crippen molar-refractivity contribution in [2.24, 2.45) is 0 Å². The second kappa shape index (κ2) is 3.85. The summed E-state index contributed by atoms with van der Waals surface area (Å²) in [6.45, 7) is 3.79. The average molecular weight is 157 g/mol. The van der Waals surface area contributed by atoms with E-state index in [2.05, 4.69) is 13.0 Å². The van der Waals surface area contributed by atoms with Gasteiger partial charge in [-0.05, 0) is 13.3 Å². The van der Waals surface area contributed by atoms with Crippen molar-refractivity contribution in [2.75, 3.05) is 20.2 Å². The number of nitrogens with zero attached hydrogens (tertiary/aromatic N) is 1. The molecule has 0 radical (unpaired) electrons. The Hall–Kier alpha value is -0.380. The summed E-state index contributed by atoms with van der Waals surface area (Å²) in [4.78, 5) is 1.88. The van der Waals surface area contributed by atoms with Gasteiger partial charge in [-0.2, -0.15) is 0 Å². The second-order valence-corrected chi connectivity index (χ2v) is 2.86. The number of aliphatic hydroxyl groups excluding tert-OH is 1. The largest absolute Gasteiger partial charge is 0.356 e. The van der Waals surface area contributed by atoms with Crippen LogP contribution in [0.3, 0.4) is 0 Å². The Morgan fingerprint density at radius 1 is 1.73 bits per heavy atom. The predicted octanol–water partition coefficient (Wildman–Crippen LogP) is 0.561. The highest BCUT2D eigenvalue weighted by Crippen LogP contribution is 2.11. The molecular weight excluding hydrogens is 142 g/mol. The van der Waals surface area contributed by atoms with Crippen LogP contribution in [0.25, 0.3) is 0 Å². The summed E-state index contributed by atoms with van der Waals surface area (Å²) in [6.07, 6.45) is 2.41. The molecule has 0 aromatic carbocycles. The van der Waals surface area contributed by atoms with Crippen molar-refractivity contribution in [1.29, 1.82) is 0 Å². The Morgan fingerprint density at radius 3 is 2.91 bits per heavy atom. The summed E-state index contributed by atoms with van der Waals surface area (Å²) >= 11 is 0. The van der Waals surface area contributed by atoms with Crippen LogP contribution in [0.2, 0.25) is 0 Å². The van der Waals surface area contributed by atoms with Crippen LogP contribution in [0.4, 0.5) is 0 Å². The standard InChI is InChI=1S/C8H15NO2/c1-7-3-5-9(6-4-7)8(10)11-2/h3,8,10H,4-6H2,1-2H3. The summed E-state index contributed by atoms with van der Waals surface area (Å²) in [7, 11) is 1.51. The fourth-order valence-electron chi connectivity index (χ4n) is 1.14.